The Hall–Kier alpha value is -0.830. The van der Waals surface area contributed by atoms with Crippen molar-refractivity contribution >= 4 is 27.5 Å². The number of benzene rings is 1. The molecule has 2 nitrogen and oxygen atoms in total. The van der Waals surface area contributed by atoms with Crippen molar-refractivity contribution in [1.82, 2.24) is 0 Å². The molecule has 1 amide bonds. The molecule has 1 aromatic rings. The van der Waals surface area contributed by atoms with E-state index in [2.05, 4.69) is 34.1 Å². The Balaban J connectivity index is 2.08. The molecule has 0 unspecified atom stereocenters. The van der Waals surface area contributed by atoms with E-state index in [-0.39, 0.29) is 0 Å². The summed E-state index contributed by atoms with van der Waals surface area (Å²) in [6.45, 7) is 0.864. The molecule has 0 radical (unpaired) electrons. The molecule has 3 heteroatoms. The maximum absolute atomic E-state index is 12.2. The number of rotatable bonds is 5. The van der Waals surface area contributed by atoms with Gasteiger partial charge in [0.05, 0.1) is 0 Å². The van der Waals surface area contributed by atoms with Crippen LogP contribution in [0.2, 0.25) is 0 Å². The van der Waals surface area contributed by atoms with E-state index in [0.29, 0.717) is 12.3 Å². The van der Waals surface area contributed by atoms with Gasteiger partial charge in [-0.3, -0.25) is 4.79 Å². The first kappa shape index (κ1) is 13.6. The Morgan fingerprint density at radius 1 is 1.11 bits per heavy atom. The number of hydrogen-bond donors (Lipinski definition) is 0. The van der Waals surface area contributed by atoms with Gasteiger partial charge < -0.3 is 4.90 Å². The largest absolute Gasteiger partial charge is 0.312 e. The molecular formula is C15H20BrNO. The monoisotopic (exact) mass is 309 g/mol. The van der Waals surface area contributed by atoms with Crippen molar-refractivity contribution in [3.8, 4) is 0 Å². The summed E-state index contributed by atoms with van der Waals surface area (Å²) in [6, 6.07) is 8.34. The SMILES string of the molecule is O=C1CCCc2ccccc2N1CCCCCBr. The predicted octanol–water partition coefficient (Wildman–Crippen LogP) is 3.92. The topological polar surface area (TPSA) is 20.3 Å². The van der Waals surface area contributed by atoms with Gasteiger partial charge >= 0.3 is 0 Å². The number of fused-ring (bicyclic) bond motifs is 1. The zero-order valence-corrected chi connectivity index (χ0v) is 12.3. The van der Waals surface area contributed by atoms with Crippen LogP contribution in [0.3, 0.4) is 0 Å². The second kappa shape index (κ2) is 6.93. The number of carbonyl (C=O) groups is 1. The molecule has 1 aromatic carbocycles. The molecule has 1 heterocycles. The first-order valence-electron chi connectivity index (χ1n) is 6.77. The summed E-state index contributed by atoms with van der Waals surface area (Å²) < 4.78 is 0. The van der Waals surface area contributed by atoms with Crippen LogP contribution in [0.4, 0.5) is 5.69 Å². The number of hydrogen-bond acceptors (Lipinski definition) is 1. The zero-order valence-electron chi connectivity index (χ0n) is 10.7. The predicted molar refractivity (Wildman–Crippen MR) is 79.4 cm³/mol. The van der Waals surface area contributed by atoms with Gasteiger partial charge in [0, 0.05) is 24.0 Å². The number of halogens is 1. The van der Waals surface area contributed by atoms with Gasteiger partial charge in [-0.2, -0.15) is 0 Å². The molecule has 0 aromatic heterocycles. The molecule has 0 spiro atoms. The molecule has 0 fully saturated rings. The minimum atomic E-state index is 0.291. The lowest BCUT2D eigenvalue weighted by Crippen LogP contribution is -2.31. The van der Waals surface area contributed by atoms with Crippen molar-refractivity contribution in [3.05, 3.63) is 29.8 Å². The van der Waals surface area contributed by atoms with Crippen LogP contribution in [0.15, 0.2) is 24.3 Å². The zero-order chi connectivity index (χ0) is 12.8. The minimum absolute atomic E-state index is 0.291. The fourth-order valence-corrected chi connectivity index (χ4v) is 2.87. The van der Waals surface area contributed by atoms with Crippen LogP contribution in [0.5, 0.6) is 0 Å². The fourth-order valence-electron chi connectivity index (χ4n) is 2.47. The van der Waals surface area contributed by atoms with Gasteiger partial charge in [0.15, 0.2) is 0 Å². The lowest BCUT2D eigenvalue weighted by Gasteiger charge is -2.23. The van der Waals surface area contributed by atoms with E-state index in [1.54, 1.807) is 0 Å². The molecular weight excluding hydrogens is 290 g/mol. The highest BCUT2D eigenvalue weighted by Crippen LogP contribution is 2.27. The van der Waals surface area contributed by atoms with Gasteiger partial charge in [-0.05, 0) is 37.3 Å². The van der Waals surface area contributed by atoms with Gasteiger partial charge in [-0.15, -0.1) is 0 Å². The van der Waals surface area contributed by atoms with Crippen molar-refractivity contribution in [2.45, 2.75) is 38.5 Å². The molecule has 1 aliphatic rings. The molecule has 0 bridgehead atoms. The summed E-state index contributed by atoms with van der Waals surface area (Å²) in [7, 11) is 0. The molecule has 0 atom stereocenters. The Kier molecular flexibility index (Phi) is 5.24. The Morgan fingerprint density at radius 2 is 1.94 bits per heavy atom. The third-order valence-corrected chi connectivity index (χ3v) is 4.00. The molecule has 98 valence electrons. The third-order valence-electron chi connectivity index (χ3n) is 3.44. The maximum atomic E-state index is 12.2. The van der Waals surface area contributed by atoms with Crippen LogP contribution in [-0.2, 0) is 11.2 Å². The first-order chi connectivity index (χ1) is 8.83. The second-order valence-corrected chi connectivity index (χ2v) is 5.57. The van der Waals surface area contributed by atoms with Crippen molar-refractivity contribution < 1.29 is 4.79 Å². The van der Waals surface area contributed by atoms with Gasteiger partial charge in [0.2, 0.25) is 5.91 Å². The first-order valence-corrected chi connectivity index (χ1v) is 7.89. The summed E-state index contributed by atoms with van der Waals surface area (Å²) in [4.78, 5) is 14.2. The van der Waals surface area contributed by atoms with E-state index < -0.39 is 0 Å². The number of anilines is 1. The van der Waals surface area contributed by atoms with E-state index in [1.807, 2.05) is 11.0 Å². The molecule has 18 heavy (non-hydrogen) atoms. The van der Waals surface area contributed by atoms with Crippen LogP contribution in [0.1, 0.15) is 37.7 Å². The summed E-state index contributed by atoms with van der Waals surface area (Å²) in [6.07, 6.45) is 6.15. The number of carbonyl (C=O) groups excluding carboxylic acids is 1. The lowest BCUT2D eigenvalue weighted by atomic mass is 10.1. The van der Waals surface area contributed by atoms with E-state index in [1.165, 1.54) is 18.4 Å². The van der Waals surface area contributed by atoms with Gasteiger partial charge in [-0.1, -0.05) is 40.5 Å². The summed E-state index contributed by atoms with van der Waals surface area (Å²) in [5, 5.41) is 1.05. The number of para-hydroxylation sites is 1. The lowest BCUT2D eigenvalue weighted by molar-refractivity contribution is -0.118. The van der Waals surface area contributed by atoms with E-state index in [9.17, 15) is 4.79 Å². The highest BCUT2D eigenvalue weighted by molar-refractivity contribution is 9.09. The molecule has 1 aliphatic heterocycles. The van der Waals surface area contributed by atoms with E-state index in [4.69, 9.17) is 0 Å². The second-order valence-electron chi connectivity index (χ2n) is 4.78. The molecule has 2 rings (SSSR count). The highest BCUT2D eigenvalue weighted by Gasteiger charge is 2.20. The Bertz CT molecular complexity index is 405. The highest BCUT2D eigenvalue weighted by atomic mass is 79.9. The Morgan fingerprint density at radius 3 is 2.78 bits per heavy atom. The summed E-state index contributed by atoms with van der Waals surface area (Å²) in [5.41, 5.74) is 2.46. The summed E-state index contributed by atoms with van der Waals surface area (Å²) in [5.74, 6) is 0.291. The van der Waals surface area contributed by atoms with Gasteiger partial charge in [0.25, 0.3) is 0 Å². The number of nitrogens with zero attached hydrogens (tertiary/aromatic N) is 1. The van der Waals surface area contributed by atoms with Crippen LogP contribution in [-0.4, -0.2) is 17.8 Å². The fraction of sp³-hybridized carbons (Fsp3) is 0.533. The van der Waals surface area contributed by atoms with Gasteiger partial charge in [-0.25, -0.2) is 0 Å². The molecule has 0 saturated carbocycles. The molecule has 0 aliphatic carbocycles. The molecule has 0 N–H and O–H groups in total. The van der Waals surface area contributed by atoms with Gasteiger partial charge in [0.1, 0.15) is 0 Å². The van der Waals surface area contributed by atoms with Crippen molar-refractivity contribution in [3.63, 3.8) is 0 Å². The van der Waals surface area contributed by atoms with Crippen molar-refractivity contribution in [1.29, 1.82) is 0 Å². The average molecular weight is 310 g/mol. The average Bonchev–Trinajstić information content (AvgIpc) is 2.54. The number of unbranched alkanes of at least 4 members (excludes halogenated alkanes) is 2. The third kappa shape index (κ3) is 3.35. The minimum Gasteiger partial charge on any atom is -0.312 e. The molecule has 0 saturated heterocycles. The Labute approximate surface area is 117 Å². The number of amides is 1. The van der Waals surface area contributed by atoms with Crippen LogP contribution >= 0.6 is 15.9 Å². The quantitative estimate of drug-likeness (QED) is 0.596. The smallest absolute Gasteiger partial charge is 0.226 e. The standard InChI is InChI=1S/C15H20BrNO/c16-11-4-1-5-12-17-14-9-3-2-7-13(14)8-6-10-15(17)18/h2-3,7,9H,1,4-6,8,10-12H2. The van der Waals surface area contributed by atoms with Crippen molar-refractivity contribution in [2.24, 2.45) is 0 Å². The van der Waals surface area contributed by atoms with Crippen molar-refractivity contribution in [2.75, 3.05) is 16.8 Å². The maximum Gasteiger partial charge on any atom is 0.226 e. The van der Waals surface area contributed by atoms with Crippen LogP contribution in [0.25, 0.3) is 0 Å². The number of alkyl halides is 1. The van der Waals surface area contributed by atoms with Crippen LogP contribution < -0.4 is 4.90 Å². The van der Waals surface area contributed by atoms with E-state index >= 15 is 0 Å². The summed E-state index contributed by atoms with van der Waals surface area (Å²) >= 11 is 3.45. The van der Waals surface area contributed by atoms with Crippen LogP contribution in [0, 0.1) is 0 Å². The normalized spacial score (nSPS) is 15.4. The van der Waals surface area contributed by atoms with E-state index in [0.717, 1.165) is 36.8 Å². The number of aryl methyl sites for hydroxylation is 1.